The van der Waals surface area contributed by atoms with Crippen molar-refractivity contribution in [1.82, 2.24) is 19.5 Å². The first-order valence-electron chi connectivity index (χ1n) is 13.5. The largest absolute Gasteiger partial charge is 0.471 e. The molecule has 2 heterocycles. The van der Waals surface area contributed by atoms with E-state index in [1.165, 1.54) is 0 Å². The van der Waals surface area contributed by atoms with Gasteiger partial charge in [0.05, 0.1) is 44.4 Å². The second-order valence-corrected chi connectivity index (χ2v) is 12.0. The first-order chi connectivity index (χ1) is 19.7. The van der Waals surface area contributed by atoms with Gasteiger partial charge in [-0.15, -0.1) is 0 Å². The van der Waals surface area contributed by atoms with E-state index in [1.54, 1.807) is 38.6 Å². The van der Waals surface area contributed by atoms with Crippen LogP contribution in [0.2, 0.25) is 0 Å². The molecule has 0 fully saturated rings. The van der Waals surface area contributed by atoms with E-state index in [2.05, 4.69) is 15.0 Å². The van der Waals surface area contributed by atoms with Crippen LogP contribution in [0.15, 0.2) is 67.0 Å². The fourth-order valence-corrected chi connectivity index (χ4v) is 5.92. The molecule has 0 saturated heterocycles. The van der Waals surface area contributed by atoms with Crippen LogP contribution in [0.1, 0.15) is 38.8 Å². The summed E-state index contributed by atoms with van der Waals surface area (Å²) in [6, 6.07) is 19.6. The summed E-state index contributed by atoms with van der Waals surface area (Å²) >= 11 is 0. The minimum Gasteiger partial charge on any atom is -0.471 e. The average molecular weight is 584 g/mol. The summed E-state index contributed by atoms with van der Waals surface area (Å²) < 4.78 is 44.7. The van der Waals surface area contributed by atoms with Crippen LogP contribution in [0.3, 0.4) is 0 Å². The Morgan fingerprint density at radius 3 is 2.10 bits per heavy atom. The number of rotatable bonds is 16. The van der Waals surface area contributed by atoms with E-state index in [-0.39, 0.29) is 43.5 Å². The third kappa shape index (κ3) is 9.34. The lowest BCUT2D eigenvalue weighted by molar-refractivity contribution is -0.0215. The molecule has 0 aliphatic rings. The van der Waals surface area contributed by atoms with Crippen molar-refractivity contribution in [3.05, 3.63) is 78.1 Å². The predicted molar refractivity (Wildman–Crippen MR) is 156 cm³/mol. The summed E-state index contributed by atoms with van der Waals surface area (Å²) in [6.45, 7) is 8.39. The number of benzene rings is 2. The smallest absolute Gasteiger partial charge is 0.356 e. The molecule has 0 amide bonds. The molecule has 220 valence electrons. The van der Waals surface area contributed by atoms with Gasteiger partial charge in [-0.1, -0.05) is 60.7 Å². The van der Waals surface area contributed by atoms with Gasteiger partial charge in [-0.05, 0) is 38.8 Å². The molecule has 0 spiro atoms. The molecule has 2 aromatic heterocycles. The highest BCUT2D eigenvalue weighted by atomic mass is 31.2. The van der Waals surface area contributed by atoms with Gasteiger partial charge in [-0.2, -0.15) is 9.97 Å². The third-order valence-corrected chi connectivity index (χ3v) is 7.65. The number of aromatic nitrogens is 4. The molecule has 0 aliphatic heterocycles. The zero-order chi connectivity index (χ0) is 29.2. The standard InChI is InChI=1S/C29H38N5O6P/c1-21(2)39-41(35,40-22(3)4)20-38-25(18-36-16-23-11-7-5-8-12-23)15-34-19-31-26-27(34)32-29(30)33-28(26)37-17-24-13-9-6-10-14-24/h5-14,19,21-22,25H,15-18,20H2,1-4H3,(H2,30,32,33)/t25-/m1/s1. The van der Waals surface area contributed by atoms with Crippen molar-refractivity contribution < 1.29 is 27.8 Å². The SMILES string of the molecule is CC(C)OP(=O)(CO[C@@H](COCc1ccccc1)Cn1cnc2c(OCc3ccccc3)nc(N)nc21)OC(C)C. The molecule has 12 heteroatoms. The Bertz CT molecular complexity index is 1400. The number of nitrogens with zero attached hydrogens (tertiary/aromatic N) is 4. The predicted octanol–water partition coefficient (Wildman–Crippen LogP) is 5.59. The highest BCUT2D eigenvalue weighted by molar-refractivity contribution is 7.53. The van der Waals surface area contributed by atoms with Crippen molar-refractivity contribution in [2.75, 3.05) is 18.7 Å². The number of anilines is 1. The Morgan fingerprint density at radius 2 is 1.49 bits per heavy atom. The van der Waals surface area contributed by atoms with E-state index < -0.39 is 13.7 Å². The molecule has 1 atom stereocenters. The lowest BCUT2D eigenvalue weighted by Crippen LogP contribution is -2.27. The number of fused-ring (bicyclic) bond motifs is 1. The summed E-state index contributed by atoms with van der Waals surface area (Å²) in [7, 11) is -3.54. The van der Waals surface area contributed by atoms with Crippen molar-refractivity contribution >= 4 is 24.7 Å². The first kappa shape index (κ1) is 30.6. The second-order valence-electron chi connectivity index (χ2n) is 10.1. The van der Waals surface area contributed by atoms with Crippen molar-refractivity contribution in [3.63, 3.8) is 0 Å². The lowest BCUT2D eigenvalue weighted by Gasteiger charge is -2.25. The average Bonchev–Trinajstić information content (AvgIpc) is 3.33. The van der Waals surface area contributed by atoms with Crippen molar-refractivity contribution in [2.45, 2.75) is 65.8 Å². The van der Waals surface area contributed by atoms with E-state index in [4.69, 9.17) is 29.0 Å². The van der Waals surface area contributed by atoms with Gasteiger partial charge < -0.3 is 33.6 Å². The van der Waals surface area contributed by atoms with Crippen LogP contribution >= 0.6 is 7.60 Å². The van der Waals surface area contributed by atoms with Gasteiger partial charge >= 0.3 is 7.60 Å². The van der Waals surface area contributed by atoms with Gasteiger partial charge in [0.25, 0.3) is 0 Å². The number of ether oxygens (including phenoxy) is 3. The second kappa shape index (κ2) is 14.5. The normalized spacial score (nSPS) is 12.8. The Balaban J connectivity index is 1.52. The number of hydrogen-bond acceptors (Lipinski definition) is 10. The lowest BCUT2D eigenvalue weighted by atomic mass is 10.2. The third-order valence-electron chi connectivity index (χ3n) is 5.69. The highest BCUT2D eigenvalue weighted by Crippen LogP contribution is 2.50. The molecule has 0 radical (unpaired) electrons. The van der Waals surface area contributed by atoms with Crippen LogP contribution < -0.4 is 10.5 Å². The van der Waals surface area contributed by atoms with Crippen LogP contribution in [-0.2, 0) is 42.8 Å². The molecule has 0 unspecified atom stereocenters. The number of hydrogen-bond donors (Lipinski definition) is 1. The Kier molecular flexibility index (Phi) is 10.8. The zero-order valence-corrected chi connectivity index (χ0v) is 24.8. The topological polar surface area (TPSA) is 133 Å². The van der Waals surface area contributed by atoms with Crippen LogP contribution in [0.25, 0.3) is 11.2 Å². The minimum atomic E-state index is -3.54. The van der Waals surface area contributed by atoms with E-state index in [0.29, 0.717) is 24.4 Å². The Hall–Kier alpha value is -3.34. The molecule has 2 aromatic carbocycles. The van der Waals surface area contributed by atoms with Crippen molar-refractivity contribution in [1.29, 1.82) is 0 Å². The maximum atomic E-state index is 13.4. The maximum absolute atomic E-state index is 13.4. The van der Waals surface area contributed by atoms with Crippen molar-refractivity contribution in [2.24, 2.45) is 0 Å². The molecule has 0 bridgehead atoms. The minimum absolute atomic E-state index is 0.0558. The highest BCUT2D eigenvalue weighted by Gasteiger charge is 2.30. The van der Waals surface area contributed by atoms with Crippen LogP contribution in [0.5, 0.6) is 5.88 Å². The first-order valence-corrected chi connectivity index (χ1v) is 15.3. The van der Waals surface area contributed by atoms with Crippen LogP contribution in [0.4, 0.5) is 5.95 Å². The van der Waals surface area contributed by atoms with Gasteiger partial charge in [0, 0.05) is 0 Å². The monoisotopic (exact) mass is 583 g/mol. The quantitative estimate of drug-likeness (QED) is 0.166. The number of nitrogen functional groups attached to an aromatic ring is 1. The van der Waals surface area contributed by atoms with Crippen LogP contribution in [0, 0.1) is 0 Å². The van der Waals surface area contributed by atoms with Gasteiger partial charge in [-0.3, -0.25) is 4.57 Å². The number of imidazole rings is 1. The number of nitrogens with two attached hydrogens (primary N) is 1. The van der Waals surface area contributed by atoms with E-state index in [9.17, 15) is 4.57 Å². The molecule has 11 nitrogen and oxygen atoms in total. The van der Waals surface area contributed by atoms with E-state index >= 15 is 0 Å². The molecule has 0 aliphatic carbocycles. The molecular weight excluding hydrogens is 545 g/mol. The van der Waals surface area contributed by atoms with Gasteiger partial charge in [0.15, 0.2) is 11.2 Å². The molecule has 4 rings (SSSR count). The molecule has 0 saturated carbocycles. The van der Waals surface area contributed by atoms with Gasteiger partial charge in [-0.25, -0.2) is 4.98 Å². The summed E-state index contributed by atoms with van der Waals surface area (Å²) in [5.74, 6) is 0.341. The Morgan fingerprint density at radius 1 is 0.878 bits per heavy atom. The van der Waals surface area contributed by atoms with E-state index in [0.717, 1.165) is 11.1 Å². The van der Waals surface area contributed by atoms with Crippen LogP contribution in [-0.4, -0.2) is 50.8 Å². The molecule has 2 N–H and O–H groups in total. The fraction of sp³-hybridized carbons (Fsp3) is 0.414. The van der Waals surface area contributed by atoms with Crippen molar-refractivity contribution in [3.8, 4) is 5.88 Å². The van der Waals surface area contributed by atoms with E-state index in [1.807, 2.05) is 60.7 Å². The Labute approximate surface area is 240 Å². The fourth-order valence-electron chi connectivity index (χ4n) is 4.07. The van der Waals surface area contributed by atoms with Gasteiger partial charge in [0.1, 0.15) is 13.0 Å². The molecule has 41 heavy (non-hydrogen) atoms. The maximum Gasteiger partial charge on any atom is 0.356 e. The summed E-state index contributed by atoms with van der Waals surface area (Å²) in [5, 5.41) is 0. The van der Waals surface area contributed by atoms with Gasteiger partial charge in [0.2, 0.25) is 11.8 Å². The molecule has 4 aromatic rings. The summed E-state index contributed by atoms with van der Waals surface area (Å²) in [5.41, 5.74) is 9.00. The summed E-state index contributed by atoms with van der Waals surface area (Å²) in [6.07, 6.45) is 0.236. The molecular formula is C29H38N5O6P. The summed E-state index contributed by atoms with van der Waals surface area (Å²) in [4.78, 5) is 13.2. The zero-order valence-electron chi connectivity index (χ0n) is 23.9.